The molecule has 1 aromatic rings. The zero-order valence-corrected chi connectivity index (χ0v) is 15.2. The van der Waals surface area contributed by atoms with E-state index in [2.05, 4.69) is 41.4 Å². The maximum Gasteiger partial charge on any atom is 0.223 e. The summed E-state index contributed by atoms with van der Waals surface area (Å²) in [5.74, 6) is 0.618. The molecule has 0 bridgehead atoms. The van der Waals surface area contributed by atoms with Gasteiger partial charge in [0.1, 0.15) is 0 Å². The van der Waals surface area contributed by atoms with Gasteiger partial charge >= 0.3 is 0 Å². The number of benzene rings is 1. The Labute approximate surface area is 150 Å². The van der Waals surface area contributed by atoms with Crippen molar-refractivity contribution in [3.8, 4) is 0 Å². The molecule has 5 heteroatoms. The molecule has 2 aliphatic rings. The molecule has 1 amide bonds. The van der Waals surface area contributed by atoms with Gasteiger partial charge in [0, 0.05) is 25.6 Å². The third-order valence-corrected chi connectivity index (χ3v) is 5.72. The van der Waals surface area contributed by atoms with Crippen molar-refractivity contribution < 1.29 is 9.53 Å². The average molecular weight is 345 g/mol. The number of nitrogens with zero attached hydrogens (tertiary/aromatic N) is 1. The molecule has 1 aromatic carbocycles. The molecule has 0 radical (unpaired) electrons. The van der Waals surface area contributed by atoms with Crippen LogP contribution in [-0.4, -0.2) is 50.2 Å². The van der Waals surface area contributed by atoms with Gasteiger partial charge in [0.2, 0.25) is 5.91 Å². The van der Waals surface area contributed by atoms with Gasteiger partial charge in [-0.15, -0.1) is 0 Å². The molecule has 0 spiro atoms. The van der Waals surface area contributed by atoms with Crippen molar-refractivity contribution in [3.05, 3.63) is 35.4 Å². The van der Waals surface area contributed by atoms with Crippen LogP contribution in [0.5, 0.6) is 0 Å². The van der Waals surface area contributed by atoms with Crippen LogP contribution in [0.25, 0.3) is 0 Å². The first kappa shape index (κ1) is 18.4. The Kier molecular flexibility index (Phi) is 6.45. The maximum atomic E-state index is 12.7. The predicted octanol–water partition coefficient (Wildman–Crippen LogP) is 1.86. The summed E-state index contributed by atoms with van der Waals surface area (Å²) < 4.78 is 5.50. The number of morpholine rings is 1. The second-order valence-electron chi connectivity index (χ2n) is 7.35. The van der Waals surface area contributed by atoms with Gasteiger partial charge in [-0.3, -0.25) is 9.69 Å². The van der Waals surface area contributed by atoms with Crippen LogP contribution >= 0.6 is 0 Å². The van der Waals surface area contributed by atoms with Crippen LogP contribution in [0, 0.1) is 18.8 Å². The van der Waals surface area contributed by atoms with E-state index in [-0.39, 0.29) is 17.9 Å². The molecule has 2 fully saturated rings. The Balaban J connectivity index is 1.66. The normalized spacial score (nSPS) is 25.7. The number of ether oxygens (including phenoxy) is 1. The van der Waals surface area contributed by atoms with E-state index < -0.39 is 0 Å². The van der Waals surface area contributed by atoms with Crippen molar-refractivity contribution >= 4 is 5.91 Å². The largest absolute Gasteiger partial charge is 0.379 e. The molecule has 3 N–H and O–H groups in total. The summed E-state index contributed by atoms with van der Waals surface area (Å²) in [6.07, 6.45) is 3.17. The SMILES string of the molecule is Cc1ccc(C(CNC(=O)[C@@H]2CCC[C@@H]2CN)N2CCOCC2)cc1. The average Bonchev–Trinajstić information content (AvgIpc) is 3.13. The van der Waals surface area contributed by atoms with Crippen LogP contribution in [-0.2, 0) is 9.53 Å². The predicted molar refractivity (Wildman–Crippen MR) is 99.2 cm³/mol. The zero-order chi connectivity index (χ0) is 17.6. The lowest BCUT2D eigenvalue weighted by Crippen LogP contribution is -2.45. The molecule has 25 heavy (non-hydrogen) atoms. The van der Waals surface area contributed by atoms with Crippen LogP contribution in [0.4, 0.5) is 0 Å². The minimum atomic E-state index is 0.0911. The Morgan fingerprint density at radius 2 is 2.00 bits per heavy atom. The number of hydrogen-bond acceptors (Lipinski definition) is 4. The van der Waals surface area contributed by atoms with Gasteiger partial charge in [-0.1, -0.05) is 36.2 Å². The third kappa shape index (κ3) is 4.60. The maximum absolute atomic E-state index is 12.7. The van der Waals surface area contributed by atoms with Gasteiger partial charge < -0.3 is 15.8 Å². The van der Waals surface area contributed by atoms with Crippen molar-refractivity contribution in [3.63, 3.8) is 0 Å². The fraction of sp³-hybridized carbons (Fsp3) is 0.650. The van der Waals surface area contributed by atoms with Gasteiger partial charge in [0.15, 0.2) is 0 Å². The van der Waals surface area contributed by atoms with Crippen LogP contribution in [0.15, 0.2) is 24.3 Å². The van der Waals surface area contributed by atoms with E-state index in [0.29, 0.717) is 19.0 Å². The fourth-order valence-corrected chi connectivity index (χ4v) is 4.13. The standard InChI is InChI=1S/C20H31N3O2/c1-15-5-7-16(8-6-15)19(23-9-11-25-12-10-23)14-22-20(24)18-4-2-3-17(18)13-21/h5-8,17-19H,2-4,9-14,21H2,1H3,(H,22,24)/t17-,18-,19?/m1/s1. The highest BCUT2D eigenvalue weighted by Crippen LogP contribution is 2.31. The number of carbonyl (C=O) groups excluding carboxylic acids is 1. The van der Waals surface area contributed by atoms with Crippen LogP contribution < -0.4 is 11.1 Å². The molecule has 5 nitrogen and oxygen atoms in total. The Bertz CT molecular complexity index is 555. The molecular weight excluding hydrogens is 314 g/mol. The lowest BCUT2D eigenvalue weighted by molar-refractivity contribution is -0.126. The van der Waals surface area contributed by atoms with E-state index >= 15 is 0 Å². The number of nitrogens with two attached hydrogens (primary N) is 1. The number of hydrogen-bond donors (Lipinski definition) is 2. The summed E-state index contributed by atoms with van der Waals surface area (Å²) in [4.78, 5) is 15.1. The van der Waals surface area contributed by atoms with Crippen molar-refractivity contribution in [2.24, 2.45) is 17.6 Å². The summed E-state index contributed by atoms with van der Waals surface area (Å²) in [5, 5.41) is 3.22. The Morgan fingerprint density at radius 1 is 1.28 bits per heavy atom. The van der Waals surface area contributed by atoms with E-state index in [4.69, 9.17) is 10.5 Å². The summed E-state index contributed by atoms with van der Waals surface area (Å²) >= 11 is 0. The molecule has 1 unspecified atom stereocenters. The van der Waals surface area contributed by atoms with Crippen LogP contribution in [0.1, 0.15) is 36.4 Å². The number of aryl methyl sites for hydroxylation is 1. The number of carbonyl (C=O) groups is 1. The number of amides is 1. The van der Waals surface area contributed by atoms with Crippen molar-refractivity contribution in [2.45, 2.75) is 32.2 Å². The number of nitrogens with one attached hydrogen (secondary N) is 1. The van der Waals surface area contributed by atoms with Crippen molar-refractivity contribution in [2.75, 3.05) is 39.4 Å². The lowest BCUT2D eigenvalue weighted by Gasteiger charge is -2.35. The first-order chi connectivity index (χ1) is 12.2. The Hall–Kier alpha value is -1.43. The summed E-state index contributed by atoms with van der Waals surface area (Å²) in [6.45, 7) is 6.69. The van der Waals surface area contributed by atoms with E-state index in [0.717, 1.165) is 45.6 Å². The van der Waals surface area contributed by atoms with Crippen molar-refractivity contribution in [1.29, 1.82) is 0 Å². The zero-order valence-electron chi connectivity index (χ0n) is 15.2. The molecule has 1 aliphatic carbocycles. The fourth-order valence-electron chi connectivity index (χ4n) is 4.13. The molecule has 3 atom stereocenters. The highest BCUT2D eigenvalue weighted by atomic mass is 16.5. The molecule has 0 aromatic heterocycles. The highest BCUT2D eigenvalue weighted by Gasteiger charge is 2.32. The smallest absolute Gasteiger partial charge is 0.223 e. The quantitative estimate of drug-likeness (QED) is 0.826. The molecule has 138 valence electrons. The van der Waals surface area contributed by atoms with E-state index in [9.17, 15) is 4.79 Å². The lowest BCUT2D eigenvalue weighted by atomic mass is 9.95. The summed E-state index contributed by atoms with van der Waals surface area (Å²) in [7, 11) is 0. The first-order valence-electron chi connectivity index (χ1n) is 9.55. The highest BCUT2D eigenvalue weighted by molar-refractivity contribution is 5.79. The molecule has 1 saturated carbocycles. The molecule has 1 saturated heterocycles. The van der Waals surface area contributed by atoms with Crippen LogP contribution in [0.3, 0.4) is 0 Å². The third-order valence-electron chi connectivity index (χ3n) is 5.72. The van der Waals surface area contributed by atoms with Gasteiger partial charge in [-0.25, -0.2) is 0 Å². The van der Waals surface area contributed by atoms with E-state index in [1.807, 2.05) is 0 Å². The van der Waals surface area contributed by atoms with Gasteiger partial charge in [0.25, 0.3) is 0 Å². The van der Waals surface area contributed by atoms with Gasteiger partial charge in [0.05, 0.1) is 19.3 Å². The molecule has 1 aliphatic heterocycles. The minimum absolute atomic E-state index is 0.0911. The minimum Gasteiger partial charge on any atom is -0.379 e. The molecule has 3 rings (SSSR count). The van der Waals surface area contributed by atoms with Gasteiger partial charge in [-0.2, -0.15) is 0 Å². The molecule has 1 heterocycles. The molecular formula is C20H31N3O2. The topological polar surface area (TPSA) is 67.6 Å². The van der Waals surface area contributed by atoms with Crippen LogP contribution in [0.2, 0.25) is 0 Å². The van der Waals surface area contributed by atoms with E-state index in [1.165, 1.54) is 11.1 Å². The monoisotopic (exact) mass is 345 g/mol. The van der Waals surface area contributed by atoms with Gasteiger partial charge in [-0.05, 0) is 37.8 Å². The number of rotatable bonds is 6. The second kappa shape index (κ2) is 8.79. The van der Waals surface area contributed by atoms with E-state index in [1.54, 1.807) is 0 Å². The second-order valence-corrected chi connectivity index (χ2v) is 7.35. The summed E-state index contributed by atoms with van der Waals surface area (Å²) in [5.41, 5.74) is 8.35. The summed E-state index contributed by atoms with van der Waals surface area (Å²) in [6, 6.07) is 8.85. The Morgan fingerprint density at radius 3 is 2.68 bits per heavy atom. The first-order valence-corrected chi connectivity index (χ1v) is 9.55. The van der Waals surface area contributed by atoms with Crippen molar-refractivity contribution in [1.82, 2.24) is 10.2 Å².